The van der Waals surface area contributed by atoms with E-state index in [2.05, 4.69) is 41.4 Å². The van der Waals surface area contributed by atoms with Gasteiger partial charge in [0, 0.05) is 27.5 Å². The Morgan fingerprint density at radius 1 is 0.621 bits per heavy atom. The fraction of sp³-hybridized carbons (Fsp3) is 0. The molecule has 0 aliphatic heterocycles. The number of hydrogen-bond acceptors (Lipinski definition) is 3. The highest BCUT2D eigenvalue weighted by Gasteiger charge is 2.16. The van der Waals surface area contributed by atoms with Gasteiger partial charge in [-0.15, -0.1) is 0 Å². The molecule has 3 aromatic carbocycles. The van der Waals surface area contributed by atoms with E-state index in [1.165, 1.54) is 0 Å². The summed E-state index contributed by atoms with van der Waals surface area (Å²) in [6.07, 6.45) is 3.42. The Morgan fingerprint density at radius 2 is 1.28 bits per heavy atom. The fourth-order valence-electron chi connectivity index (χ4n) is 3.76. The van der Waals surface area contributed by atoms with Gasteiger partial charge in [0.1, 0.15) is 17.0 Å². The number of furan rings is 2. The molecule has 3 aromatic heterocycles. The van der Waals surface area contributed by atoms with Crippen molar-refractivity contribution in [2.45, 2.75) is 0 Å². The molecule has 0 fully saturated rings. The van der Waals surface area contributed by atoms with E-state index in [0.29, 0.717) is 0 Å². The van der Waals surface area contributed by atoms with Gasteiger partial charge >= 0.3 is 0 Å². The summed E-state index contributed by atoms with van der Waals surface area (Å²) in [5.74, 6) is 0.843. The van der Waals surface area contributed by atoms with Crippen molar-refractivity contribution >= 4 is 21.9 Å². The third kappa shape index (κ3) is 2.65. The molecule has 6 aromatic rings. The molecular formula is C25H16N2O2. The second-order valence-corrected chi connectivity index (χ2v) is 7.02. The lowest BCUT2D eigenvalue weighted by Crippen LogP contribution is -1.84. The Hall–Kier alpha value is -4.05. The van der Waals surface area contributed by atoms with Gasteiger partial charge in [-0.25, -0.2) is 4.98 Å². The number of H-pyrrole nitrogens is 1. The van der Waals surface area contributed by atoms with E-state index in [-0.39, 0.29) is 0 Å². The van der Waals surface area contributed by atoms with Crippen LogP contribution in [-0.4, -0.2) is 9.97 Å². The summed E-state index contributed by atoms with van der Waals surface area (Å²) < 4.78 is 11.0. The average Bonchev–Trinajstić information content (AvgIpc) is 3.52. The number of fused-ring (bicyclic) bond motifs is 2. The topological polar surface area (TPSA) is 55.0 Å². The van der Waals surface area contributed by atoms with E-state index in [1.807, 2.05) is 42.5 Å². The fourth-order valence-corrected chi connectivity index (χ4v) is 3.76. The number of nitrogens with zero attached hydrogens (tertiary/aromatic N) is 1. The van der Waals surface area contributed by atoms with Crippen molar-refractivity contribution in [3.8, 4) is 33.9 Å². The summed E-state index contributed by atoms with van der Waals surface area (Å²) in [6.45, 7) is 0. The molecule has 0 spiro atoms. The normalized spacial score (nSPS) is 11.4. The maximum absolute atomic E-state index is 5.50. The molecule has 138 valence electrons. The number of benzene rings is 3. The summed E-state index contributed by atoms with van der Waals surface area (Å²) >= 11 is 0. The van der Waals surface area contributed by atoms with E-state index in [0.717, 1.165) is 55.8 Å². The first-order valence-electron chi connectivity index (χ1n) is 9.46. The second-order valence-electron chi connectivity index (χ2n) is 7.02. The maximum atomic E-state index is 5.50. The highest BCUT2D eigenvalue weighted by atomic mass is 16.3. The van der Waals surface area contributed by atoms with Crippen molar-refractivity contribution < 1.29 is 8.83 Å². The van der Waals surface area contributed by atoms with Crippen LogP contribution >= 0.6 is 0 Å². The van der Waals surface area contributed by atoms with Crippen molar-refractivity contribution in [2.75, 3.05) is 0 Å². The van der Waals surface area contributed by atoms with Crippen LogP contribution in [0.25, 0.3) is 55.8 Å². The largest absolute Gasteiger partial charge is 0.464 e. The first kappa shape index (κ1) is 16.0. The van der Waals surface area contributed by atoms with E-state index in [4.69, 9.17) is 13.8 Å². The Bertz CT molecular complexity index is 1360. The molecule has 4 heteroatoms. The molecule has 4 nitrogen and oxygen atoms in total. The van der Waals surface area contributed by atoms with E-state index in [1.54, 1.807) is 12.5 Å². The van der Waals surface area contributed by atoms with Crippen LogP contribution in [-0.2, 0) is 0 Å². The summed E-state index contributed by atoms with van der Waals surface area (Å²) in [5.41, 5.74) is 6.79. The average molecular weight is 376 g/mol. The first-order chi connectivity index (χ1) is 14.3. The van der Waals surface area contributed by atoms with E-state index in [9.17, 15) is 0 Å². The van der Waals surface area contributed by atoms with E-state index < -0.39 is 0 Å². The number of nitrogens with one attached hydrogen (secondary N) is 1. The maximum Gasteiger partial charge on any atom is 0.138 e. The van der Waals surface area contributed by atoms with Crippen LogP contribution in [0.3, 0.4) is 0 Å². The molecule has 1 N–H and O–H groups in total. The number of aromatic amines is 1. The summed E-state index contributed by atoms with van der Waals surface area (Å²) in [4.78, 5) is 8.52. The van der Waals surface area contributed by atoms with Gasteiger partial charge < -0.3 is 13.8 Å². The number of imidazole rings is 1. The number of hydrogen-bond donors (Lipinski definition) is 1. The van der Waals surface area contributed by atoms with Crippen molar-refractivity contribution in [1.29, 1.82) is 0 Å². The SMILES string of the molecule is c1ccc(-c2nc(-c3ccc4occc4c3)c(-c3ccc4occc4c3)[nH]2)cc1. The molecule has 0 atom stereocenters. The standard InChI is InChI=1S/C25H16N2O2/c1-2-4-16(5-3-1)25-26-23(19-6-8-21-17(14-19)10-12-28-21)24(27-25)20-7-9-22-18(15-20)11-13-29-22/h1-15H,(H,26,27). The molecule has 0 radical (unpaired) electrons. The Kier molecular flexibility index (Phi) is 3.43. The van der Waals surface area contributed by atoms with E-state index >= 15 is 0 Å². The zero-order chi connectivity index (χ0) is 19.2. The summed E-state index contributed by atoms with van der Waals surface area (Å²) in [7, 11) is 0. The smallest absolute Gasteiger partial charge is 0.138 e. The van der Waals surface area contributed by atoms with Crippen LogP contribution in [0.1, 0.15) is 0 Å². The van der Waals surface area contributed by atoms with Crippen LogP contribution in [0.2, 0.25) is 0 Å². The van der Waals surface area contributed by atoms with Gasteiger partial charge in [0.05, 0.1) is 23.9 Å². The van der Waals surface area contributed by atoms with Crippen molar-refractivity contribution in [3.05, 3.63) is 91.4 Å². The number of aromatic nitrogens is 2. The molecule has 0 saturated heterocycles. The van der Waals surface area contributed by atoms with Crippen molar-refractivity contribution in [3.63, 3.8) is 0 Å². The Labute approximate surface area is 166 Å². The highest BCUT2D eigenvalue weighted by Crippen LogP contribution is 2.35. The van der Waals surface area contributed by atoms with Crippen LogP contribution in [0.15, 0.2) is 100 Å². The molecule has 29 heavy (non-hydrogen) atoms. The Balaban J connectivity index is 1.59. The third-order valence-electron chi connectivity index (χ3n) is 5.22. The quantitative estimate of drug-likeness (QED) is 0.365. The molecular weight excluding hydrogens is 360 g/mol. The monoisotopic (exact) mass is 376 g/mol. The lowest BCUT2D eigenvalue weighted by Gasteiger charge is -2.04. The van der Waals surface area contributed by atoms with Gasteiger partial charge in [-0.3, -0.25) is 0 Å². The summed E-state index contributed by atoms with van der Waals surface area (Å²) in [6, 6.07) is 26.5. The van der Waals surface area contributed by atoms with Crippen LogP contribution in [0, 0.1) is 0 Å². The van der Waals surface area contributed by atoms with Crippen LogP contribution in [0.5, 0.6) is 0 Å². The molecule has 0 saturated carbocycles. The Morgan fingerprint density at radius 3 is 2.00 bits per heavy atom. The van der Waals surface area contributed by atoms with Gasteiger partial charge in [-0.05, 0) is 48.5 Å². The summed E-state index contributed by atoms with van der Waals surface area (Å²) in [5, 5.41) is 2.12. The molecule has 0 bridgehead atoms. The van der Waals surface area contributed by atoms with Crippen LogP contribution in [0.4, 0.5) is 0 Å². The minimum atomic E-state index is 0.843. The number of rotatable bonds is 3. The predicted octanol–water partition coefficient (Wildman–Crippen LogP) is 6.90. The lowest BCUT2D eigenvalue weighted by molar-refractivity contribution is 0.615. The molecule has 6 rings (SSSR count). The van der Waals surface area contributed by atoms with Crippen molar-refractivity contribution in [2.24, 2.45) is 0 Å². The molecule has 0 aliphatic carbocycles. The zero-order valence-electron chi connectivity index (χ0n) is 15.4. The molecule has 3 heterocycles. The second kappa shape index (κ2) is 6.24. The predicted molar refractivity (Wildman–Crippen MR) is 114 cm³/mol. The van der Waals surface area contributed by atoms with Crippen LogP contribution < -0.4 is 0 Å². The third-order valence-corrected chi connectivity index (χ3v) is 5.22. The van der Waals surface area contributed by atoms with Gasteiger partial charge in [0.2, 0.25) is 0 Å². The van der Waals surface area contributed by atoms with Gasteiger partial charge in [0.25, 0.3) is 0 Å². The lowest BCUT2D eigenvalue weighted by atomic mass is 10.0. The molecule has 0 unspecified atom stereocenters. The molecule has 0 aliphatic rings. The first-order valence-corrected chi connectivity index (χ1v) is 9.46. The zero-order valence-corrected chi connectivity index (χ0v) is 15.4. The minimum Gasteiger partial charge on any atom is -0.464 e. The minimum absolute atomic E-state index is 0.843. The van der Waals surface area contributed by atoms with Gasteiger partial charge in [0.15, 0.2) is 0 Å². The van der Waals surface area contributed by atoms with Gasteiger partial charge in [-0.1, -0.05) is 30.3 Å². The van der Waals surface area contributed by atoms with Gasteiger partial charge in [-0.2, -0.15) is 0 Å². The molecule has 0 amide bonds. The highest BCUT2D eigenvalue weighted by molar-refractivity contribution is 5.90. The van der Waals surface area contributed by atoms with Crippen molar-refractivity contribution in [1.82, 2.24) is 9.97 Å².